The number of sulfone groups is 1. The van der Waals surface area contributed by atoms with Crippen LogP contribution in [0.2, 0.25) is 0 Å². The molecule has 0 saturated heterocycles. The molecule has 15 heavy (non-hydrogen) atoms. The van der Waals surface area contributed by atoms with Gasteiger partial charge in [0.05, 0.1) is 4.90 Å². The summed E-state index contributed by atoms with van der Waals surface area (Å²) < 4.78 is 24.2. The first-order valence-corrected chi connectivity index (χ1v) is 6.26. The first kappa shape index (κ1) is 10.4. The Morgan fingerprint density at radius 1 is 1.33 bits per heavy atom. The molecule has 6 heteroatoms. The Balaban J connectivity index is 2.74. The largest absolute Gasteiger partial charge is 0.365 e. The van der Waals surface area contributed by atoms with Crippen LogP contribution in [0, 0.1) is 0 Å². The van der Waals surface area contributed by atoms with E-state index >= 15 is 0 Å². The molecule has 1 aromatic carbocycles. The van der Waals surface area contributed by atoms with E-state index in [0.717, 1.165) is 0 Å². The van der Waals surface area contributed by atoms with Gasteiger partial charge < -0.3 is 5.73 Å². The van der Waals surface area contributed by atoms with Crippen molar-refractivity contribution in [3.8, 4) is 0 Å². The van der Waals surface area contributed by atoms with Crippen LogP contribution in [0.15, 0.2) is 32.5 Å². The summed E-state index contributed by atoms with van der Waals surface area (Å²) in [5.41, 5.74) is 5.49. The molecule has 0 bridgehead atoms. The van der Waals surface area contributed by atoms with Gasteiger partial charge in [-0.1, -0.05) is 22.0 Å². The van der Waals surface area contributed by atoms with Crippen LogP contribution in [-0.2, 0) is 14.6 Å². The summed E-state index contributed by atoms with van der Waals surface area (Å²) in [6.07, 6.45) is 1.29. The van der Waals surface area contributed by atoms with Gasteiger partial charge in [-0.05, 0) is 23.8 Å². The van der Waals surface area contributed by atoms with E-state index < -0.39 is 15.7 Å². The summed E-state index contributed by atoms with van der Waals surface area (Å²) in [5.74, 6) is -0.928. The quantitative estimate of drug-likeness (QED) is 0.839. The van der Waals surface area contributed by atoms with Crippen molar-refractivity contribution >= 4 is 37.8 Å². The molecular weight excluding hydrogens is 282 g/mol. The van der Waals surface area contributed by atoms with Crippen molar-refractivity contribution in [3.63, 3.8) is 0 Å². The number of fused-ring (bicyclic) bond motifs is 1. The lowest BCUT2D eigenvalue weighted by molar-refractivity contribution is -0.113. The van der Waals surface area contributed by atoms with Crippen LogP contribution < -0.4 is 5.73 Å². The van der Waals surface area contributed by atoms with Crippen molar-refractivity contribution < 1.29 is 13.2 Å². The first-order valence-electron chi connectivity index (χ1n) is 3.99. The van der Waals surface area contributed by atoms with Crippen molar-refractivity contribution in [2.45, 2.75) is 4.90 Å². The summed E-state index contributed by atoms with van der Waals surface area (Å²) >= 11 is 3.17. The maximum absolute atomic E-state index is 11.8. The molecule has 0 spiro atoms. The Morgan fingerprint density at radius 3 is 2.60 bits per heavy atom. The normalized spacial score (nSPS) is 17.0. The Morgan fingerprint density at radius 2 is 2.00 bits per heavy atom. The molecule has 1 aliphatic rings. The second kappa shape index (κ2) is 3.18. The number of hydrogen-bond donors (Lipinski definition) is 1. The molecule has 1 aliphatic heterocycles. The molecule has 2 N–H and O–H groups in total. The Kier molecular flexibility index (Phi) is 2.20. The number of nitrogens with two attached hydrogens (primary N) is 1. The molecule has 4 nitrogen and oxygen atoms in total. The maximum atomic E-state index is 11.8. The first-order chi connectivity index (χ1) is 6.93. The third kappa shape index (κ3) is 1.49. The van der Waals surface area contributed by atoms with Gasteiger partial charge in [-0.15, -0.1) is 0 Å². The molecule has 1 amide bonds. The van der Waals surface area contributed by atoms with Crippen molar-refractivity contribution in [3.05, 3.63) is 33.1 Å². The molecule has 1 aromatic rings. The minimum atomic E-state index is -3.71. The second-order valence-corrected chi connectivity index (χ2v) is 5.86. The fourth-order valence-electron chi connectivity index (χ4n) is 1.40. The van der Waals surface area contributed by atoms with Gasteiger partial charge in [0.25, 0.3) is 5.91 Å². The Labute approximate surface area is 94.8 Å². The van der Waals surface area contributed by atoms with E-state index in [2.05, 4.69) is 15.9 Å². The van der Waals surface area contributed by atoms with Crippen LogP contribution in [0.3, 0.4) is 0 Å². The van der Waals surface area contributed by atoms with E-state index in [4.69, 9.17) is 5.73 Å². The predicted molar refractivity (Wildman–Crippen MR) is 58.5 cm³/mol. The van der Waals surface area contributed by atoms with Crippen molar-refractivity contribution in [2.24, 2.45) is 5.73 Å². The topological polar surface area (TPSA) is 77.2 Å². The SMILES string of the molecule is NC(=O)C1=Cc2ccc(Br)cc2S1(=O)=O. The van der Waals surface area contributed by atoms with Gasteiger partial charge in [0.2, 0.25) is 9.84 Å². The van der Waals surface area contributed by atoms with E-state index in [9.17, 15) is 13.2 Å². The molecule has 0 fully saturated rings. The molecule has 0 radical (unpaired) electrons. The van der Waals surface area contributed by atoms with Gasteiger partial charge in [-0.3, -0.25) is 4.79 Å². The van der Waals surface area contributed by atoms with E-state index in [-0.39, 0.29) is 9.80 Å². The highest BCUT2D eigenvalue weighted by atomic mass is 79.9. The highest BCUT2D eigenvalue weighted by Crippen LogP contribution is 2.34. The van der Waals surface area contributed by atoms with E-state index in [1.165, 1.54) is 12.1 Å². The zero-order chi connectivity index (χ0) is 11.2. The number of hydrogen-bond acceptors (Lipinski definition) is 3. The average molecular weight is 288 g/mol. The molecule has 1 heterocycles. The summed E-state index contributed by atoms with van der Waals surface area (Å²) in [6.45, 7) is 0. The van der Waals surface area contributed by atoms with Gasteiger partial charge in [-0.25, -0.2) is 8.42 Å². The summed E-state index contributed by atoms with van der Waals surface area (Å²) in [4.78, 5) is 10.7. The third-order valence-electron chi connectivity index (χ3n) is 2.08. The highest BCUT2D eigenvalue weighted by molar-refractivity contribution is 9.10. The number of amides is 1. The fraction of sp³-hybridized carbons (Fsp3) is 0. The highest BCUT2D eigenvalue weighted by Gasteiger charge is 2.32. The van der Waals surface area contributed by atoms with E-state index in [1.54, 1.807) is 12.1 Å². The number of benzene rings is 1. The van der Waals surface area contributed by atoms with E-state index in [0.29, 0.717) is 10.0 Å². The fourth-order valence-corrected chi connectivity index (χ4v) is 3.42. The standard InChI is InChI=1S/C9H6BrNO3S/c10-6-2-1-5-3-8(9(11)12)15(13,14)7(5)4-6/h1-4H,(H2,11,12). The van der Waals surface area contributed by atoms with Gasteiger partial charge >= 0.3 is 0 Å². The molecule has 0 atom stereocenters. The lowest BCUT2D eigenvalue weighted by Gasteiger charge is -2.00. The monoisotopic (exact) mass is 287 g/mol. The minimum Gasteiger partial charge on any atom is -0.365 e. The molecule has 0 unspecified atom stereocenters. The number of rotatable bonds is 1. The Bertz CT molecular complexity index is 589. The molecule has 0 aliphatic carbocycles. The molecule has 0 aromatic heterocycles. The summed E-state index contributed by atoms with van der Waals surface area (Å²) in [6, 6.07) is 4.78. The van der Waals surface area contributed by atoms with Crippen LogP contribution in [-0.4, -0.2) is 14.3 Å². The zero-order valence-corrected chi connectivity index (χ0v) is 9.80. The van der Waals surface area contributed by atoms with Gasteiger partial charge in [-0.2, -0.15) is 0 Å². The van der Waals surface area contributed by atoms with Crippen LogP contribution in [0.1, 0.15) is 5.56 Å². The Hall–Kier alpha value is -1.14. The third-order valence-corrected chi connectivity index (χ3v) is 4.41. The molecular formula is C9H6BrNO3S. The summed E-state index contributed by atoms with van der Waals surface area (Å²) in [5, 5.41) is 0. The number of carbonyl (C=O) groups is 1. The minimum absolute atomic E-state index is 0.116. The smallest absolute Gasteiger partial charge is 0.260 e. The van der Waals surface area contributed by atoms with Crippen molar-refractivity contribution in [1.29, 1.82) is 0 Å². The lowest BCUT2D eigenvalue weighted by Crippen LogP contribution is -2.18. The van der Waals surface area contributed by atoms with Gasteiger partial charge in [0.1, 0.15) is 4.91 Å². The average Bonchev–Trinajstić information content (AvgIpc) is 2.39. The van der Waals surface area contributed by atoms with Crippen LogP contribution >= 0.6 is 15.9 Å². The number of halogens is 1. The lowest BCUT2D eigenvalue weighted by atomic mass is 10.2. The van der Waals surface area contributed by atoms with Crippen LogP contribution in [0.25, 0.3) is 6.08 Å². The van der Waals surface area contributed by atoms with Crippen LogP contribution in [0.5, 0.6) is 0 Å². The van der Waals surface area contributed by atoms with Crippen molar-refractivity contribution in [2.75, 3.05) is 0 Å². The van der Waals surface area contributed by atoms with Gasteiger partial charge in [0, 0.05) is 4.47 Å². The zero-order valence-electron chi connectivity index (χ0n) is 7.40. The molecule has 2 rings (SSSR count). The van der Waals surface area contributed by atoms with Crippen molar-refractivity contribution in [1.82, 2.24) is 0 Å². The van der Waals surface area contributed by atoms with Crippen LogP contribution in [0.4, 0.5) is 0 Å². The molecule has 0 saturated carbocycles. The number of primary amides is 1. The van der Waals surface area contributed by atoms with E-state index in [1.807, 2.05) is 0 Å². The second-order valence-electron chi connectivity index (χ2n) is 3.06. The summed E-state index contributed by atoms with van der Waals surface area (Å²) in [7, 11) is -3.71. The maximum Gasteiger partial charge on any atom is 0.260 e. The predicted octanol–water partition coefficient (Wildman–Crippen LogP) is 1.06. The van der Waals surface area contributed by atoms with Gasteiger partial charge in [0.15, 0.2) is 0 Å². The molecule has 78 valence electrons. The number of carbonyl (C=O) groups excluding carboxylic acids is 1.